The van der Waals surface area contributed by atoms with E-state index in [1.807, 2.05) is 42.2 Å². The molecule has 0 spiro atoms. The van der Waals surface area contributed by atoms with Gasteiger partial charge in [-0.3, -0.25) is 9.78 Å². The van der Waals surface area contributed by atoms with E-state index in [1.165, 1.54) is 0 Å². The van der Waals surface area contributed by atoms with Gasteiger partial charge in [0.1, 0.15) is 0 Å². The van der Waals surface area contributed by atoms with Gasteiger partial charge in [-0.25, -0.2) is 0 Å². The van der Waals surface area contributed by atoms with Crippen LogP contribution in [0.25, 0.3) is 10.9 Å². The van der Waals surface area contributed by atoms with Crippen LogP contribution in [0.15, 0.2) is 30.3 Å². The van der Waals surface area contributed by atoms with Crippen molar-refractivity contribution in [3.8, 4) is 0 Å². The number of halogens is 1. The average Bonchev–Trinajstić information content (AvgIpc) is 2.47. The van der Waals surface area contributed by atoms with Crippen molar-refractivity contribution in [2.75, 3.05) is 26.2 Å². The lowest BCUT2D eigenvalue weighted by molar-refractivity contribution is 0.0737. The second kappa shape index (κ2) is 6.20. The highest BCUT2D eigenvalue weighted by molar-refractivity contribution is 6.05. The first-order valence-electron chi connectivity index (χ1n) is 6.62. The van der Waals surface area contributed by atoms with Crippen molar-refractivity contribution in [2.45, 2.75) is 6.92 Å². The third kappa shape index (κ3) is 2.76. The number of carbonyl (C=O) groups is 1. The first-order chi connectivity index (χ1) is 9.25. The molecule has 1 aromatic heterocycles. The average molecular weight is 292 g/mol. The lowest BCUT2D eigenvalue weighted by Crippen LogP contribution is -2.46. The van der Waals surface area contributed by atoms with Crippen molar-refractivity contribution in [3.63, 3.8) is 0 Å². The molecule has 2 aromatic rings. The number of hydrogen-bond acceptors (Lipinski definition) is 3. The first kappa shape index (κ1) is 14.8. The van der Waals surface area contributed by atoms with Gasteiger partial charge < -0.3 is 10.2 Å². The number of nitrogens with zero attached hydrogens (tertiary/aromatic N) is 2. The smallest absolute Gasteiger partial charge is 0.256 e. The standard InChI is InChI=1S/C15H17N3O.ClH/c1-11-5-6-12-3-2-4-13(14(12)17-11)15(19)18-9-7-16-8-10-18;/h2-6,16H,7-10H2,1H3;1H. The van der Waals surface area contributed by atoms with E-state index in [9.17, 15) is 4.79 Å². The molecule has 1 aliphatic rings. The second-order valence-corrected chi connectivity index (χ2v) is 4.87. The van der Waals surface area contributed by atoms with Crippen LogP contribution in [0.5, 0.6) is 0 Å². The van der Waals surface area contributed by atoms with Gasteiger partial charge in [-0.1, -0.05) is 18.2 Å². The van der Waals surface area contributed by atoms with E-state index >= 15 is 0 Å². The molecule has 0 atom stereocenters. The summed E-state index contributed by atoms with van der Waals surface area (Å²) in [5.74, 6) is 0.0881. The van der Waals surface area contributed by atoms with Gasteiger partial charge in [0.05, 0.1) is 11.1 Å². The summed E-state index contributed by atoms with van der Waals surface area (Å²) in [6.45, 7) is 5.21. The van der Waals surface area contributed by atoms with Crippen LogP contribution in [0.1, 0.15) is 16.1 Å². The lowest BCUT2D eigenvalue weighted by atomic mass is 10.1. The molecule has 0 aliphatic carbocycles. The lowest BCUT2D eigenvalue weighted by Gasteiger charge is -2.27. The molecule has 1 N–H and O–H groups in total. The molecule has 0 saturated carbocycles. The number of piperazine rings is 1. The summed E-state index contributed by atoms with van der Waals surface area (Å²) in [7, 11) is 0. The van der Waals surface area contributed by atoms with Crippen LogP contribution in [0, 0.1) is 6.92 Å². The number of aryl methyl sites for hydroxylation is 1. The number of hydrogen-bond donors (Lipinski definition) is 1. The zero-order valence-corrected chi connectivity index (χ0v) is 12.2. The topological polar surface area (TPSA) is 45.2 Å². The van der Waals surface area contributed by atoms with Crippen LogP contribution in [0.2, 0.25) is 0 Å². The number of nitrogens with one attached hydrogen (secondary N) is 1. The summed E-state index contributed by atoms with van der Waals surface area (Å²) in [6, 6.07) is 9.79. The van der Waals surface area contributed by atoms with Crippen molar-refractivity contribution in [3.05, 3.63) is 41.6 Å². The van der Waals surface area contributed by atoms with E-state index in [4.69, 9.17) is 0 Å². The SMILES string of the molecule is Cc1ccc2cccc(C(=O)N3CCNCC3)c2n1.Cl. The Bertz CT molecular complexity index is 624. The monoisotopic (exact) mass is 291 g/mol. The molecule has 3 rings (SSSR count). The highest BCUT2D eigenvalue weighted by Gasteiger charge is 2.20. The van der Waals surface area contributed by atoms with Crippen LogP contribution in [0.3, 0.4) is 0 Å². The fourth-order valence-electron chi connectivity index (χ4n) is 2.46. The van der Waals surface area contributed by atoms with Crippen molar-refractivity contribution < 1.29 is 4.79 Å². The molecule has 106 valence electrons. The molecule has 0 unspecified atom stereocenters. The van der Waals surface area contributed by atoms with Crippen molar-refractivity contribution in [1.29, 1.82) is 0 Å². The minimum atomic E-state index is 0. The van der Waals surface area contributed by atoms with E-state index in [2.05, 4.69) is 10.3 Å². The van der Waals surface area contributed by atoms with Crippen LogP contribution < -0.4 is 5.32 Å². The van der Waals surface area contributed by atoms with Crippen LogP contribution in [-0.4, -0.2) is 42.0 Å². The van der Waals surface area contributed by atoms with Gasteiger partial charge in [0.15, 0.2) is 0 Å². The summed E-state index contributed by atoms with van der Waals surface area (Å²) in [5.41, 5.74) is 2.46. The molecular weight excluding hydrogens is 274 g/mol. The fraction of sp³-hybridized carbons (Fsp3) is 0.333. The molecule has 1 aliphatic heterocycles. The summed E-state index contributed by atoms with van der Waals surface area (Å²) in [6.07, 6.45) is 0. The second-order valence-electron chi connectivity index (χ2n) is 4.87. The third-order valence-corrected chi connectivity index (χ3v) is 3.49. The van der Waals surface area contributed by atoms with E-state index in [0.29, 0.717) is 5.56 Å². The Morgan fingerprint density at radius 2 is 1.95 bits per heavy atom. The van der Waals surface area contributed by atoms with E-state index in [-0.39, 0.29) is 18.3 Å². The molecule has 20 heavy (non-hydrogen) atoms. The van der Waals surface area contributed by atoms with Gasteiger partial charge in [-0.2, -0.15) is 0 Å². The Balaban J connectivity index is 0.00000147. The molecule has 1 aromatic carbocycles. The molecule has 4 nitrogen and oxygen atoms in total. The van der Waals surface area contributed by atoms with Crippen molar-refractivity contribution in [1.82, 2.24) is 15.2 Å². The summed E-state index contributed by atoms with van der Waals surface area (Å²) in [5, 5.41) is 4.28. The number of para-hydroxylation sites is 1. The highest BCUT2D eigenvalue weighted by Crippen LogP contribution is 2.19. The number of fused-ring (bicyclic) bond motifs is 1. The Morgan fingerprint density at radius 3 is 2.70 bits per heavy atom. The predicted octanol–water partition coefficient (Wildman–Crippen LogP) is 2.01. The largest absolute Gasteiger partial charge is 0.336 e. The number of rotatable bonds is 1. The summed E-state index contributed by atoms with van der Waals surface area (Å²) < 4.78 is 0. The summed E-state index contributed by atoms with van der Waals surface area (Å²) >= 11 is 0. The third-order valence-electron chi connectivity index (χ3n) is 3.49. The number of aromatic nitrogens is 1. The van der Waals surface area contributed by atoms with E-state index < -0.39 is 0 Å². The molecule has 2 heterocycles. The van der Waals surface area contributed by atoms with Gasteiger partial charge >= 0.3 is 0 Å². The van der Waals surface area contributed by atoms with Gasteiger partial charge in [0, 0.05) is 37.3 Å². The Morgan fingerprint density at radius 1 is 1.20 bits per heavy atom. The number of benzene rings is 1. The quantitative estimate of drug-likeness (QED) is 0.874. The Hall–Kier alpha value is -1.65. The fourth-order valence-corrected chi connectivity index (χ4v) is 2.46. The van der Waals surface area contributed by atoms with Gasteiger partial charge in [0.2, 0.25) is 0 Å². The molecular formula is C15H18ClN3O. The van der Waals surface area contributed by atoms with Gasteiger partial charge in [-0.15, -0.1) is 12.4 Å². The minimum absolute atomic E-state index is 0. The molecule has 0 bridgehead atoms. The molecule has 5 heteroatoms. The number of carbonyl (C=O) groups excluding carboxylic acids is 1. The van der Waals surface area contributed by atoms with E-state index in [1.54, 1.807) is 0 Å². The maximum Gasteiger partial charge on any atom is 0.256 e. The maximum atomic E-state index is 12.6. The normalized spacial score (nSPS) is 14.9. The Kier molecular flexibility index (Phi) is 4.57. The van der Waals surface area contributed by atoms with Crippen molar-refractivity contribution in [2.24, 2.45) is 0 Å². The van der Waals surface area contributed by atoms with Gasteiger partial charge in [0.25, 0.3) is 5.91 Å². The van der Waals surface area contributed by atoms with Crippen LogP contribution in [-0.2, 0) is 0 Å². The predicted molar refractivity (Wildman–Crippen MR) is 82.5 cm³/mol. The zero-order chi connectivity index (χ0) is 13.2. The molecule has 0 radical (unpaired) electrons. The van der Waals surface area contributed by atoms with Gasteiger partial charge in [-0.05, 0) is 19.1 Å². The highest BCUT2D eigenvalue weighted by atomic mass is 35.5. The maximum absolute atomic E-state index is 12.6. The van der Waals surface area contributed by atoms with Crippen molar-refractivity contribution >= 4 is 29.2 Å². The zero-order valence-electron chi connectivity index (χ0n) is 11.4. The summed E-state index contributed by atoms with van der Waals surface area (Å²) in [4.78, 5) is 19.0. The number of amides is 1. The molecule has 1 amide bonds. The Labute approximate surface area is 124 Å². The molecule has 1 saturated heterocycles. The van der Waals surface area contributed by atoms with E-state index in [0.717, 1.165) is 42.8 Å². The van der Waals surface area contributed by atoms with Crippen LogP contribution >= 0.6 is 12.4 Å². The minimum Gasteiger partial charge on any atom is -0.336 e. The molecule has 1 fully saturated rings. The van der Waals surface area contributed by atoms with Crippen LogP contribution in [0.4, 0.5) is 0 Å². The first-order valence-corrected chi connectivity index (χ1v) is 6.62. The number of pyridine rings is 1.